The molecule has 0 aliphatic carbocycles. The second-order valence-electron chi connectivity index (χ2n) is 2.59. The van der Waals surface area contributed by atoms with E-state index in [-0.39, 0.29) is 0 Å². The van der Waals surface area contributed by atoms with Crippen molar-refractivity contribution in [3.8, 4) is 0 Å². The molecule has 2 N–H and O–H groups in total. The van der Waals surface area contributed by atoms with E-state index in [0.29, 0.717) is 0 Å². The molecule has 0 spiro atoms. The minimum atomic E-state index is 0.819. The molecule has 0 atom stereocenters. The zero-order chi connectivity index (χ0) is 8.41. The van der Waals surface area contributed by atoms with Crippen molar-refractivity contribution in [3.05, 3.63) is 0 Å². The molecule has 0 radical (unpaired) electrons. The average molecular weight is 146 g/mol. The van der Waals surface area contributed by atoms with Crippen LogP contribution in [-0.4, -0.2) is 32.1 Å². The maximum Gasteiger partial charge on any atom is -0.00275 e. The highest BCUT2D eigenvalue weighted by molar-refractivity contribution is 4.34. The summed E-state index contributed by atoms with van der Waals surface area (Å²) in [5.41, 5.74) is 5.03. The van der Waals surface area contributed by atoms with Crippen LogP contribution in [0.3, 0.4) is 0 Å². The van der Waals surface area contributed by atoms with Gasteiger partial charge in [0.15, 0.2) is 0 Å². The predicted molar refractivity (Wildman–Crippen MR) is 48.2 cm³/mol. The fraction of sp³-hybridized carbons (Fsp3) is 1.00. The Morgan fingerprint density at radius 2 is 1.50 bits per heavy atom. The highest BCUT2D eigenvalue weighted by Gasteiger charge is 1.79. The van der Waals surface area contributed by atoms with Crippen LogP contribution < -0.4 is 5.73 Å². The molecule has 0 saturated heterocycles. The molecule has 2 heteroatoms. The van der Waals surface area contributed by atoms with Crippen LogP contribution in [0.15, 0.2) is 0 Å². The number of nitrogens with two attached hydrogens (primary N) is 1. The molecule has 10 heavy (non-hydrogen) atoms. The second-order valence-corrected chi connectivity index (χ2v) is 2.59. The molecule has 0 aliphatic heterocycles. The van der Waals surface area contributed by atoms with Gasteiger partial charge in [0.25, 0.3) is 0 Å². The normalized spacial score (nSPS) is 9.00. The molecular weight excluding hydrogens is 124 g/mol. The first-order valence-corrected chi connectivity index (χ1v) is 4.03. The van der Waals surface area contributed by atoms with Crippen LogP contribution in [0.2, 0.25) is 0 Å². The topological polar surface area (TPSA) is 29.3 Å². The standard InChI is InChI=1S/C5H13N.C3H9N/c1-4-5-6(2)3;1-2-3-4/h4-5H2,1-3H3;2-4H2,1H3. The van der Waals surface area contributed by atoms with Crippen molar-refractivity contribution in [2.24, 2.45) is 5.73 Å². The fourth-order valence-electron chi connectivity index (χ4n) is 0.447. The van der Waals surface area contributed by atoms with Gasteiger partial charge in [0.2, 0.25) is 0 Å². The molecule has 0 saturated carbocycles. The van der Waals surface area contributed by atoms with Crippen LogP contribution in [-0.2, 0) is 0 Å². The summed E-state index contributed by atoms with van der Waals surface area (Å²) < 4.78 is 0. The third kappa shape index (κ3) is 24.7. The molecule has 0 aromatic carbocycles. The predicted octanol–water partition coefficient (Wildman–Crippen LogP) is 1.31. The van der Waals surface area contributed by atoms with Crippen molar-refractivity contribution in [3.63, 3.8) is 0 Å². The lowest BCUT2D eigenvalue weighted by atomic mass is 10.5. The van der Waals surface area contributed by atoms with E-state index in [1.54, 1.807) is 0 Å². The molecule has 0 aromatic rings. The Hall–Kier alpha value is -0.0800. The lowest BCUT2D eigenvalue weighted by molar-refractivity contribution is 0.408. The van der Waals surface area contributed by atoms with Gasteiger partial charge >= 0.3 is 0 Å². The number of nitrogens with zero attached hydrogens (tertiary/aromatic N) is 1. The van der Waals surface area contributed by atoms with E-state index in [1.165, 1.54) is 13.0 Å². The Morgan fingerprint density at radius 1 is 1.10 bits per heavy atom. The largest absolute Gasteiger partial charge is 0.330 e. The molecular formula is C8H22N2. The van der Waals surface area contributed by atoms with Gasteiger partial charge in [0.1, 0.15) is 0 Å². The Bertz CT molecular complexity index is 42.5. The van der Waals surface area contributed by atoms with Crippen LogP contribution >= 0.6 is 0 Å². The summed E-state index contributed by atoms with van der Waals surface area (Å²) in [6.07, 6.45) is 2.35. The average Bonchev–Trinajstić information content (AvgIpc) is 1.89. The van der Waals surface area contributed by atoms with Crippen LogP contribution in [0.25, 0.3) is 0 Å². The minimum Gasteiger partial charge on any atom is -0.330 e. The van der Waals surface area contributed by atoms with Crippen molar-refractivity contribution in [1.29, 1.82) is 0 Å². The van der Waals surface area contributed by atoms with E-state index >= 15 is 0 Å². The molecule has 0 rings (SSSR count). The quantitative estimate of drug-likeness (QED) is 0.650. The Morgan fingerprint density at radius 3 is 1.50 bits per heavy atom. The van der Waals surface area contributed by atoms with Gasteiger partial charge in [-0.1, -0.05) is 13.8 Å². The second kappa shape index (κ2) is 11.7. The SMILES string of the molecule is CCCN.CCCN(C)C. The summed E-state index contributed by atoms with van der Waals surface area (Å²) in [6.45, 7) is 6.26. The van der Waals surface area contributed by atoms with E-state index in [4.69, 9.17) is 5.73 Å². The lowest BCUT2D eigenvalue weighted by Crippen LogP contribution is -2.11. The monoisotopic (exact) mass is 146 g/mol. The van der Waals surface area contributed by atoms with Crippen molar-refractivity contribution in [1.82, 2.24) is 4.90 Å². The van der Waals surface area contributed by atoms with E-state index in [9.17, 15) is 0 Å². The molecule has 0 amide bonds. The van der Waals surface area contributed by atoms with Gasteiger partial charge < -0.3 is 10.6 Å². The number of hydrogen-bond donors (Lipinski definition) is 1. The number of rotatable bonds is 3. The van der Waals surface area contributed by atoms with Gasteiger partial charge in [0, 0.05) is 0 Å². The van der Waals surface area contributed by atoms with Gasteiger partial charge in [0.05, 0.1) is 0 Å². The van der Waals surface area contributed by atoms with Crippen molar-refractivity contribution >= 4 is 0 Å². The van der Waals surface area contributed by atoms with E-state index in [1.807, 2.05) is 0 Å². The van der Waals surface area contributed by atoms with Gasteiger partial charge in [-0.15, -0.1) is 0 Å². The molecule has 2 nitrogen and oxygen atoms in total. The zero-order valence-corrected chi connectivity index (χ0v) is 7.85. The molecule has 0 bridgehead atoms. The first kappa shape index (κ1) is 12.6. The van der Waals surface area contributed by atoms with E-state index < -0.39 is 0 Å². The molecule has 64 valence electrons. The minimum absolute atomic E-state index is 0.819. The Balaban J connectivity index is 0. The molecule has 0 unspecified atom stereocenters. The van der Waals surface area contributed by atoms with Gasteiger partial charge in [-0.2, -0.15) is 0 Å². The van der Waals surface area contributed by atoms with E-state index in [0.717, 1.165) is 13.0 Å². The summed E-state index contributed by atoms with van der Waals surface area (Å²) >= 11 is 0. The number of hydrogen-bond acceptors (Lipinski definition) is 2. The summed E-state index contributed by atoms with van der Waals surface area (Å²) in [4.78, 5) is 2.18. The van der Waals surface area contributed by atoms with E-state index in [2.05, 4.69) is 32.8 Å². The van der Waals surface area contributed by atoms with Crippen LogP contribution in [0.5, 0.6) is 0 Å². The fourth-order valence-corrected chi connectivity index (χ4v) is 0.447. The first-order valence-electron chi connectivity index (χ1n) is 4.03. The highest BCUT2D eigenvalue weighted by atomic mass is 15.0. The highest BCUT2D eigenvalue weighted by Crippen LogP contribution is 1.76. The van der Waals surface area contributed by atoms with Crippen LogP contribution in [0.1, 0.15) is 26.7 Å². The first-order chi connectivity index (χ1) is 4.68. The van der Waals surface area contributed by atoms with Gasteiger partial charge in [-0.25, -0.2) is 0 Å². The Labute approximate surface area is 65.4 Å². The molecule has 0 fully saturated rings. The van der Waals surface area contributed by atoms with Crippen LogP contribution in [0, 0.1) is 0 Å². The third-order valence-electron chi connectivity index (χ3n) is 0.959. The third-order valence-corrected chi connectivity index (χ3v) is 0.959. The summed E-state index contributed by atoms with van der Waals surface area (Å²) in [5.74, 6) is 0. The summed E-state index contributed by atoms with van der Waals surface area (Å²) in [6, 6.07) is 0. The molecule has 0 aromatic heterocycles. The zero-order valence-electron chi connectivity index (χ0n) is 7.85. The van der Waals surface area contributed by atoms with Crippen molar-refractivity contribution < 1.29 is 0 Å². The van der Waals surface area contributed by atoms with Gasteiger partial charge in [-0.3, -0.25) is 0 Å². The summed E-state index contributed by atoms with van der Waals surface area (Å²) in [7, 11) is 4.17. The maximum atomic E-state index is 5.03. The van der Waals surface area contributed by atoms with Gasteiger partial charge in [-0.05, 0) is 40.0 Å². The molecule has 0 heterocycles. The lowest BCUT2D eigenvalue weighted by Gasteiger charge is -2.03. The van der Waals surface area contributed by atoms with Crippen molar-refractivity contribution in [2.45, 2.75) is 26.7 Å². The van der Waals surface area contributed by atoms with Crippen LogP contribution in [0.4, 0.5) is 0 Å². The van der Waals surface area contributed by atoms with Crippen molar-refractivity contribution in [2.75, 3.05) is 27.2 Å². The summed E-state index contributed by atoms with van der Waals surface area (Å²) in [5, 5.41) is 0. The molecule has 0 aliphatic rings. The maximum absolute atomic E-state index is 5.03. The smallest absolute Gasteiger partial charge is 0.00275 e. The Kier molecular flexibility index (Phi) is 14.7.